The number of halogens is 1. The molecule has 22 heavy (non-hydrogen) atoms. The number of hydrogen-bond acceptors (Lipinski definition) is 6. The second-order valence-electron chi connectivity index (χ2n) is 4.56. The molecule has 1 atom stereocenters. The van der Waals surface area contributed by atoms with Gasteiger partial charge in [-0.15, -0.1) is 0 Å². The Morgan fingerprint density at radius 1 is 1.09 bits per heavy atom. The van der Waals surface area contributed by atoms with E-state index in [1.807, 2.05) is 0 Å². The molecule has 0 spiro atoms. The summed E-state index contributed by atoms with van der Waals surface area (Å²) in [6.07, 6.45) is 0. The zero-order chi connectivity index (χ0) is 17.7. The monoisotopic (exact) mass is 372 g/mol. The molecule has 5 N–H and O–H groups in total. The number of benzene rings is 1. The minimum Gasteiger partial charge on any atom is -0.480 e. The van der Waals surface area contributed by atoms with Gasteiger partial charge in [-0.3, -0.25) is 4.79 Å². The van der Waals surface area contributed by atoms with E-state index in [4.69, 9.17) is 26.7 Å². The molecule has 0 bridgehead atoms. The highest BCUT2D eigenvalue weighted by Gasteiger charge is 2.14. The molecule has 0 fully saturated rings. The van der Waals surface area contributed by atoms with Crippen molar-refractivity contribution in [1.29, 1.82) is 0 Å². The van der Waals surface area contributed by atoms with E-state index in [0.717, 1.165) is 24.3 Å². The van der Waals surface area contributed by atoms with E-state index >= 15 is 0 Å². The Kier molecular flexibility index (Phi) is 7.45. The predicted octanol–water partition coefficient (Wildman–Crippen LogP) is 0.316. The third-order valence-electron chi connectivity index (χ3n) is 2.44. The van der Waals surface area contributed by atoms with Crippen LogP contribution >= 0.6 is 10.7 Å². The van der Waals surface area contributed by atoms with Crippen LogP contribution in [-0.4, -0.2) is 34.0 Å². The number of sulfonamides is 1. The number of primary sulfonamides is 1. The fraction of sp³-hybridized carbons (Fsp3) is 0.364. The van der Waals surface area contributed by atoms with Gasteiger partial charge in [0, 0.05) is 10.7 Å². The summed E-state index contributed by atoms with van der Waals surface area (Å²) in [6, 6.07) is 3.58. The first-order chi connectivity index (χ1) is 9.76. The van der Waals surface area contributed by atoms with E-state index in [0.29, 0.717) is 0 Å². The molecule has 8 nitrogen and oxygen atoms in total. The van der Waals surface area contributed by atoms with Gasteiger partial charge in [-0.1, -0.05) is 13.8 Å². The van der Waals surface area contributed by atoms with Gasteiger partial charge in [0.2, 0.25) is 10.0 Å². The number of carboxylic acid groups (broad SMARTS) is 1. The molecule has 11 heteroatoms. The first kappa shape index (κ1) is 20.8. The fourth-order valence-corrected chi connectivity index (χ4v) is 2.36. The Labute approximate surface area is 133 Å². The molecule has 1 rings (SSSR count). The van der Waals surface area contributed by atoms with Gasteiger partial charge in [0.1, 0.15) is 6.04 Å². The van der Waals surface area contributed by atoms with Gasteiger partial charge in [-0.25, -0.2) is 22.0 Å². The Bertz CT molecular complexity index is 662. The highest BCUT2D eigenvalue weighted by atomic mass is 35.7. The zero-order valence-electron chi connectivity index (χ0n) is 11.8. The third-order valence-corrected chi connectivity index (χ3v) is 4.74. The van der Waals surface area contributed by atoms with E-state index < -0.39 is 31.1 Å². The molecule has 0 radical (unpaired) electrons. The van der Waals surface area contributed by atoms with Gasteiger partial charge in [-0.05, 0) is 30.2 Å². The van der Waals surface area contributed by atoms with E-state index in [-0.39, 0.29) is 15.7 Å². The smallest absolute Gasteiger partial charge is 0.320 e. The lowest BCUT2D eigenvalue weighted by molar-refractivity contribution is -0.139. The first-order valence-corrected chi connectivity index (χ1v) is 9.68. The van der Waals surface area contributed by atoms with Crippen molar-refractivity contribution in [3.8, 4) is 0 Å². The van der Waals surface area contributed by atoms with Crippen LogP contribution in [0.25, 0.3) is 0 Å². The third kappa shape index (κ3) is 7.18. The number of nitrogens with two attached hydrogens (primary N) is 2. The van der Waals surface area contributed by atoms with Crippen LogP contribution in [-0.2, 0) is 23.9 Å². The van der Waals surface area contributed by atoms with Crippen LogP contribution in [0, 0.1) is 5.92 Å². The molecule has 0 aliphatic rings. The topological polar surface area (TPSA) is 158 Å². The van der Waals surface area contributed by atoms with Gasteiger partial charge in [0.15, 0.2) is 0 Å². The normalized spacial score (nSPS) is 13.2. The van der Waals surface area contributed by atoms with Gasteiger partial charge < -0.3 is 10.8 Å². The van der Waals surface area contributed by atoms with E-state index in [2.05, 4.69) is 0 Å². The number of hydrogen-bond donors (Lipinski definition) is 3. The molecule has 126 valence electrons. The van der Waals surface area contributed by atoms with Crippen molar-refractivity contribution < 1.29 is 26.7 Å². The molecule has 0 amide bonds. The maximum Gasteiger partial charge on any atom is 0.320 e. The van der Waals surface area contributed by atoms with Crippen molar-refractivity contribution in [2.24, 2.45) is 16.8 Å². The van der Waals surface area contributed by atoms with Crippen LogP contribution in [0.1, 0.15) is 13.8 Å². The first-order valence-electron chi connectivity index (χ1n) is 5.82. The molecule has 0 heterocycles. The Balaban J connectivity index is 0.000000472. The molecular formula is C11H17ClN2O6S2. The molecule has 1 aromatic rings. The molecule has 0 unspecified atom stereocenters. The summed E-state index contributed by atoms with van der Waals surface area (Å²) < 4.78 is 43.1. The maximum atomic E-state index is 10.8. The average Bonchev–Trinajstić information content (AvgIpc) is 2.36. The van der Waals surface area contributed by atoms with Crippen LogP contribution in [0.2, 0.25) is 0 Å². The van der Waals surface area contributed by atoms with Crippen molar-refractivity contribution in [2.45, 2.75) is 29.7 Å². The van der Waals surface area contributed by atoms with Crippen LogP contribution in [0.15, 0.2) is 34.1 Å². The maximum absolute atomic E-state index is 10.8. The average molecular weight is 373 g/mol. The van der Waals surface area contributed by atoms with E-state index in [1.54, 1.807) is 13.8 Å². The molecule has 0 aromatic heterocycles. The second-order valence-corrected chi connectivity index (χ2v) is 8.69. The Morgan fingerprint density at radius 3 is 1.64 bits per heavy atom. The predicted molar refractivity (Wildman–Crippen MR) is 81.3 cm³/mol. The number of aliphatic carboxylic acids is 1. The van der Waals surface area contributed by atoms with Crippen molar-refractivity contribution in [2.75, 3.05) is 0 Å². The number of carboxylic acids is 1. The van der Waals surface area contributed by atoms with Crippen LogP contribution in [0.5, 0.6) is 0 Å². The Morgan fingerprint density at radius 2 is 1.45 bits per heavy atom. The zero-order valence-corrected chi connectivity index (χ0v) is 14.2. The minimum atomic E-state index is -3.83. The number of carbonyl (C=O) groups is 1. The van der Waals surface area contributed by atoms with Crippen LogP contribution in [0.3, 0.4) is 0 Å². The lowest BCUT2D eigenvalue weighted by atomic mass is 10.1. The lowest BCUT2D eigenvalue weighted by Crippen LogP contribution is -2.34. The fourth-order valence-electron chi connectivity index (χ4n) is 1.08. The molecule has 0 aliphatic carbocycles. The molecule has 0 saturated heterocycles. The SMILES string of the molecule is CC(C)[C@H](N)C(=O)O.NS(=O)(=O)c1ccc(S(=O)(=O)Cl)cc1. The molecule has 1 aromatic carbocycles. The van der Waals surface area contributed by atoms with Crippen LogP contribution < -0.4 is 10.9 Å². The summed E-state index contributed by atoms with van der Waals surface area (Å²) in [5.74, 6) is -0.910. The summed E-state index contributed by atoms with van der Waals surface area (Å²) >= 11 is 0. The van der Waals surface area contributed by atoms with Gasteiger partial charge in [0.25, 0.3) is 9.05 Å². The molecule has 0 aliphatic heterocycles. The number of rotatable bonds is 4. The highest BCUT2D eigenvalue weighted by molar-refractivity contribution is 8.13. The summed E-state index contributed by atoms with van der Waals surface area (Å²) in [5, 5.41) is 13.0. The summed E-state index contributed by atoms with van der Waals surface area (Å²) in [7, 11) is -2.61. The van der Waals surface area contributed by atoms with Crippen molar-refractivity contribution >= 4 is 35.7 Å². The quantitative estimate of drug-likeness (QED) is 0.641. The summed E-state index contributed by atoms with van der Waals surface area (Å²) in [6.45, 7) is 3.55. The van der Waals surface area contributed by atoms with Crippen molar-refractivity contribution in [3.05, 3.63) is 24.3 Å². The van der Waals surface area contributed by atoms with E-state index in [9.17, 15) is 21.6 Å². The highest BCUT2D eigenvalue weighted by Crippen LogP contribution is 2.16. The standard InChI is InChI=1S/C6H6ClNO4S2.C5H11NO2/c7-13(9,10)5-1-3-6(4-2-5)14(8,11)12;1-3(2)4(6)5(7)8/h1-4H,(H2,8,11,12);3-4H,6H2,1-2H3,(H,7,8)/t;4-/m.0/s1. The second kappa shape index (κ2) is 7.88. The Hall–Kier alpha value is -1.20. The van der Waals surface area contributed by atoms with Crippen molar-refractivity contribution in [3.63, 3.8) is 0 Å². The van der Waals surface area contributed by atoms with Crippen molar-refractivity contribution in [1.82, 2.24) is 0 Å². The summed E-state index contributed by atoms with van der Waals surface area (Å²) in [5.41, 5.74) is 5.16. The van der Waals surface area contributed by atoms with Crippen LogP contribution in [0.4, 0.5) is 0 Å². The minimum absolute atomic E-state index is 0.0208. The largest absolute Gasteiger partial charge is 0.480 e. The van der Waals surface area contributed by atoms with Gasteiger partial charge >= 0.3 is 5.97 Å². The lowest BCUT2D eigenvalue weighted by Gasteiger charge is -2.07. The summed E-state index contributed by atoms with van der Waals surface area (Å²) in [4.78, 5) is 9.68. The molecular weight excluding hydrogens is 356 g/mol. The van der Waals surface area contributed by atoms with Gasteiger partial charge in [0.05, 0.1) is 9.79 Å². The van der Waals surface area contributed by atoms with E-state index in [1.165, 1.54) is 0 Å². The molecule has 0 saturated carbocycles. The van der Waals surface area contributed by atoms with Gasteiger partial charge in [-0.2, -0.15) is 0 Å².